The van der Waals surface area contributed by atoms with E-state index in [2.05, 4.69) is 18.5 Å². The molecule has 0 aliphatic rings. The maximum absolute atomic E-state index is 12.9. The molecule has 0 fully saturated rings. The van der Waals surface area contributed by atoms with E-state index in [1.165, 1.54) is 13.0 Å². The molecule has 0 bridgehead atoms. The molecule has 0 radical (unpaired) electrons. The van der Waals surface area contributed by atoms with Crippen LogP contribution in [0.4, 0.5) is 13.2 Å². The van der Waals surface area contributed by atoms with E-state index in [1.54, 1.807) is 6.92 Å². The Hall–Kier alpha value is -2.42. The Balaban J connectivity index is 3.13. The molecule has 0 saturated carbocycles. The molecule has 1 N–H and O–H groups in total. The predicted octanol–water partition coefficient (Wildman–Crippen LogP) is 5.01. The highest BCUT2D eigenvalue weighted by Gasteiger charge is 2.32. The Labute approximate surface area is 170 Å². The number of hydrogen-bond donors (Lipinski definition) is 1. The summed E-state index contributed by atoms with van der Waals surface area (Å²) in [6.45, 7) is 16.1. The number of alkyl halides is 3. The van der Waals surface area contributed by atoms with Crippen LogP contribution in [0.2, 0.25) is 0 Å². The van der Waals surface area contributed by atoms with E-state index in [4.69, 9.17) is 4.74 Å². The van der Waals surface area contributed by atoms with Crippen LogP contribution < -0.4 is 5.32 Å². The van der Waals surface area contributed by atoms with Crippen LogP contribution in [0.1, 0.15) is 40.2 Å². The lowest BCUT2D eigenvalue weighted by molar-refractivity contribution is -0.137. The normalized spacial score (nSPS) is 13.0. The molecule has 1 aromatic rings. The first-order valence-corrected chi connectivity index (χ1v) is 10.2. The predicted molar refractivity (Wildman–Crippen MR) is 107 cm³/mol. The largest absolute Gasteiger partial charge is 0.474 e. The third-order valence-electron chi connectivity index (χ3n) is 3.54. The summed E-state index contributed by atoms with van der Waals surface area (Å²) >= 11 is 0. The van der Waals surface area contributed by atoms with Crippen molar-refractivity contribution in [2.75, 3.05) is 6.54 Å². The summed E-state index contributed by atoms with van der Waals surface area (Å²) in [6, 6.07) is 3.64. The van der Waals surface area contributed by atoms with Crippen molar-refractivity contribution in [3.8, 4) is 0 Å². The molecule has 1 aromatic carbocycles. The van der Waals surface area contributed by atoms with Crippen LogP contribution in [0.25, 0.3) is 0 Å². The van der Waals surface area contributed by atoms with Crippen molar-refractivity contribution in [3.63, 3.8) is 0 Å². The van der Waals surface area contributed by atoms with E-state index in [1.807, 2.05) is 20.8 Å². The van der Waals surface area contributed by atoms with Crippen molar-refractivity contribution in [2.24, 2.45) is 0 Å². The molecule has 0 aromatic heterocycles. The number of hydrogen-bond acceptors (Lipinski definition) is 4. The maximum Gasteiger partial charge on any atom is 0.416 e. The van der Waals surface area contributed by atoms with Gasteiger partial charge in [-0.15, -0.1) is 0 Å². The van der Waals surface area contributed by atoms with Crippen LogP contribution in [0, 0.1) is 0 Å². The average molecular weight is 433 g/mol. The van der Waals surface area contributed by atoms with Gasteiger partial charge < -0.3 is 10.1 Å². The molecule has 0 saturated heterocycles. The number of nitrogens with one attached hydrogen (secondary N) is 1. The van der Waals surface area contributed by atoms with Gasteiger partial charge in [0.05, 0.1) is 10.5 Å². The van der Waals surface area contributed by atoms with Gasteiger partial charge >= 0.3 is 6.18 Å². The summed E-state index contributed by atoms with van der Waals surface area (Å²) < 4.78 is 71.2. The van der Waals surface area contributed by atoms with E-state index < -0.39 is 32.3 Å². The summed E-state index contributed by atoms with van der Waals surface area (Å²) in [5.74, 6) is 0.232. The van der Waals surface area contributed by atoms with Crippen LogP contribution >= 0.6 is 0 Å². The smallest absolute Gasteiger partial charge is 0.416 e. The van der Waals surface area contributed by atoms with Crippen molar-refractivity contribution in [1.82, 2.24) is 9.62 Å². The zero-order valence-corrected chi connectivity index (χ0v) is 18.0. The minimum absolute atomic E-state index is 0.0215. The molecular weight excluding hydrogens is 405 g/mol. The number of sulfonamides is 1. The van der Waals surface area contributed by atoms with E-state index in [9.17, 15) is 21.6 Å². The summed E-state index contributed by atoms with van der Waals surface area (Å²) in [7, 11) is -4.19. The lowest BCUT2D eigenvalue weighted by atomic mass is 10.2. The second-order valence-corrected chi connectivity index (χ2v) is 9.13. The zero-order valence-electron chi connectivity index (χ0n) is 17.2. The maximum atomic E-state index is 12.9. The van der Waals surface area contributed by atoms with E-state index in [0.29, 0.717) is 11.8 Å². The Bertz CT molecular complexity index is 898. The van der Waals surface area contributed by atoms with Gasteiger partial charge in [-0.25, -0.2) is 8.42 Å². The number of halogens is 3. The van der Waals surface area contributed by atoms with Crippen LogP contribution in [0.5, 0.6) is 0 Å². The Morgan fingerprint density at radius 1 is 1.24 bits per heavy atom. The van der Waals surface area contributed by atoms with Crippen LogP contribution in [-0.4, -0.2) is 24.9 Å². The molecule has 0 atom stereocenters. The highest BCUT2D eigenvalue weighted by Crippen LogP contribution is 2.31. The molecule has 9 heteroatoms. The van der Waals surface area contributed by atoms with Crippen molar-refractivity contribution in [2.45, 2.75) is 51.3 Å². The van der Waals surface area contributed by atoms with Gasteiger partial charge in [0.15, 0.2) is 5.88 Å². The molecule has 0 aliphatic heterocycles. The molecule has 0 spiro atoms. The van der Waals surface area contributed by atoms with Gasteiger partial charge in [0, 0.05) is 17.9 Å². The molecule has 0 amide bonds. The fourth-order valence-corrected chi connectivity index (χ4v) is 4.06. The first-order valence-electron chi connectivity index (χ1n) is 8.80. The first-order chi connectivity index (χ1) is 13.1. The van der Waals surface area contributed by atoms with Crippen molar-refractivity contribution < 1.29 is 26.3 Å². The van der Waals surface area contributed by atoms with E-state index >= 15 is 0 Å². The second-order valence-electron chi connectivity index (χ2n) is 7.27. The molecular formula is C20H27F3N2O3S. The van der Waals surface area contributed by atoms with Gasteiger partial charge in [0.1, 0.15) is 5.60 Å². The Kier molecular flexibility index (Phi) is 7.59. The number of allylic oxidation sites excluding steroid dienone is 2. The van der Waals surface area contributed by atoms with Gasteiger partial charge in [-0.1, -0.05) is 12.6 Å². The minimum atomic E-state index is -4.64. The number of rotatable bonds is 8. The Morgan fingerprint density at radius 3 is 2.31 bits per heavy atom. The van der Waals surface area contributed by atoms with Crippen LogP contribution in [0.3, 0.4) is 0 Å². The van der Waals surface area contributed by atoms with E-state index in [0.717, 1.165) is 22.5 Å². The van der Waals surface area contributed by atoms with Crippen molar-refractivity contribution in [3.05, 3.63) is 66.3 Å². The van der Waals surface area contributed by atoms with Gasteiger partial charge in [-0.05, 0) is 65.5 Å². The molecule has 1 rings (SSSR count). The van der Waals surface area contributed by atoms with Gasteiger partial charge in [0.2, 0.25) is 0 Å². The molecule has 0 heterocycles. The second kappa shape index (κ2) is 8.94. The molecule has 0 aliphatic carbocycles. The summed E-state index contributed by atoms with van der Waals surface area (Å²) in [5.41, 5.74) is -0.927. The third kappa shape index (κ3) is 7.16. The third-order valence-corrected chi connectivity index (χ3v) is 5.52. The molecule has 0 unspecified atom stereocenters. The quantitative estimate of drug-likeness (QED) is 0.463. The molecule has 5 nitrogen and oxygen atoms in total. The highest BCUT2D eigenvalue weighted by molar-refractivity contribution is 7.89. The fraction of sp³-hybridized carbons (Fsp3) is 0.400. The average Bonchev–Trinajstić information content (AvgIpc) is 2.52. The van der Waals surface area contributed by atoms with Crippen molar-refractivity contribution in [1.29, 1.82) is 0 Å². The SMILES string of the molecule is C=C(/C=C(\C)N(CC)S(=O)(=O)c1cccc(C(F)(F)F)c1)NC(=C)OC(C)(C)C. The van der Waals surface area contributed by atoms with Crippen LogP contribution in [-0.2, 0) is 20.9 Å². The Morgan fingerprint density at radius 2 is 1.83 bits per heavy atom. The fourth-order valence-electron chi connectivity index (χ4n) is 2.50. The highest BCUT2D eigenvalue weighted by atomic mass is 32.2. The topological polar surface area (TPSA) is 58.6 Å². The first kappa shape index (κ1) is 24.6. The van der Waals surface area contributed by atoms with Gasteiger partial charge in [-0.3, -0.25) is 4.31 Å². The number of ether oxygens (including phenoxy) is 1. The lowest BCUT2D eigenvalue weighted by Gasteiger charge is -2.25. The molecule has 29 heavy (non-hydrogen) atoms. The minimum Gasteiger partial charge on any atom is -0.474 e. The van der Waals surface area contributed by atoms with E-state index in [-0.39, 0.29) is 18.1 Å². The van der Waals surface area contributed by atoms with Gasteiger partial charge in [-0.2, -0.15) is 13.2 Å². The van der Waals surface area contributed by atoms with Crippen molar-refractivity contribution >= 4 is 10.0 Å². The summed E-state index contributed by atoms with van der Waals surface area (Å²) in [4.78, 5) is -0.444. The number of benzene rings is 1. The van der Waals surface area contributed by atoms with Crippen LogP contribution in [0.15, 0.2) is 65.7 Å². The van der Waals surface area contributed by atoms with Gasteiger partial charge in [0.25, 0.3) is 10.0 Å². The lowest BCUT2D eigenvalue weighted by Crippen LogP contribution is -2.30. The summed E-state index contributed by atoms with van der Waals surface area (Å²) in [6.07, 6.45) is -3.19. The summed E-state index contributed by atoms with van der Waals surface area (Å²) in [5, 5.41) is 2.81. The standard InChI is InChI=1S/C20H27F3N2O3S/c1-8-25(15(3)12-14(2)24-16(4)28-19(5,6)7)29(26,27)18-11-9-10-17(13-18)20(21,22)23/h9-13,24H,2,4,8H2,1,3,5-7H3/b15-12+. The monoisotopic (exact) mass is 432 g/mol. The number of nitrogens with zero attached hydrogens (tertiary/aromatic N) is 1. The molecule has 162 valence electrons. The zero-order chi connectivity index (χ0) is 22.6.